The summed E-state index contributed by atoms with van der Waals surface area (Å²) in [5.41, 5.74) is 6.44. The monoisotopic (exact) mass is 420 g/mol. The van der Waals surface area contributed by atoms with Gasteiger partial charge in [0.15, 0.2) is 0 Å². The highest BCUT2D eigenvalue weighted by Gasteiger charge is 2.10. The zero-order valence-electron chi connectivity index (χ0n) is 16.9. The van der Waals surface area contributed by atoms with Crippen LogP contribution in [0.4, 0.5) is 0 Å². The van der Waals surface area contributed by atoms with Gasteiger partial charge in [-0.25, -0.2) is 0 Å². The summed E-state index contributed by atoms with van der Waals surface area (Å²) in [7, 11) is 0. The molecule has 4 rings (SSSR count). The molecule has 0 amide bonds. The molecule has 0 bridgehead atoms. The van der Waals surface area contributed by atoms with Crippen molar-refractivity contribution in [1.29, 1.82) is 0 Å². The molecule has 0 aliphatic rings. The zero-order valence-corrected chi connectivity index (χ0v) is 18.5. The van der Waals surface area contributed by atoms with E-state index < -0.39 is 0 Å². The van der Waals surface area contributed by atoms with Crippen molar-refractivity contribution in [3.8, 4) is 23.7 Å². The normalized spacial score (nSPS) is 11.0. The maximum absolute atomic E-state index is 3.44. The fraction of sp³-hybridized carbons (Fsp3) is 0.0714. The van der Waals surface area contributed by atoms with E-state index in [1.807, 2.05) is 0 Å². The zero-order chi connectivity index (χ0) is 20.8. The highest BCUT2D eigenvalue weighted by Crippen LogP contribution is 2.31. The molecular weight excluding hydrogens is 400 g/mol. The first kappa shape index (κ1) is 20.0. The van der Waals surface area contributed by atoms with Crippen LogP contribution in [0.25, 0.3) is 11.1 Å². The van der Waals surface area contributed by atoms with E-state index in [0.717, 1.165) is 32.0 Å². The van der Waals surface area contributed by atoms with E-state index in [2.05, 4.69) is 121 Å². The van der Waals surface area contributed by atoms with E-state index in [-0.39, 0.29) is 0 Å². The minimum Gasteiger partial charge on any atom is -0.143 e. The number of hydrogen-bond donors (Lipinski definition) is 0. The molecule has 0 saturated carbocycles. The molecule has 2 aromatic carbocycles. The van der Waals surface area contributed by atoms with E-state index in [4.69, 9.17) is 0 Å². The van der Waals surface area contributed by atoms with Crippen molar-refractivity contribution in [2.24, 2.45) is 0 Å². The lowest BCUT2D eigenvalue weighted by Crippen LogP contribution is -1.86. The molecule has 2 aromatic heterocycles. The van der Waals surface area contributed by atoms with Crippen molar-refractivity contribution in [2.45, 2.75) is 13.8 Å². The summed E-state index contributed by atoms with van der Waals surface area (Å²) in [5.74, 6) is 13.6. The SMILES string of the molecule is Cc1ccc(C#C/C(=C(\C#Cc2ccc(C)cc2)c2cccs2)c2cccs2)cc1. The molecule has 0 unspecified atom stereocenters. The lowest BCUT2D eigenvalue weighted by atomic mass is 10.0. The van der Waals surface area contributed by atoms with E-state index in [1.54, 1.807) is 22.7 Å². The second-order valence-corrected chi connectivity index (χ2v) is 8.83. The van der Waals surface area contributed by atoms with E-state index >= 15 is 0 Å². The minimum absolute atomic E-state index is 0.979. The van der Waals surface area contributed by atoms with Crippen molar-refractivity contribution in [1.82, 2.24) is 0 Å². The largest absolute Gasteiger partial charge is 0.143 e. The van der Waals surface area contributed by atoms with Crippen molar-refractivity contribution in [3.63, 3.8) is 0 Å². The first-order valence-corrected chi connectivity index (χ1v) is 11.4. The molecule has 2 heteroatoms. The van der Waals surface area contributed by atoms with E-state index in [0.29, 0.717) is 0 Å². The van der Waals surface area contributed by atoms with Gasteiger partial charge in [0.1, 0.15) is 0 Å². The van der Waals surface area contributed by atoms with E-state index in [1.165, 1.54) is 11.1 Å². The van der Waals surface area contributed by atoms with Crippen molar-refractivity contribution < 1.29 is 0 Å². The topological polar surface area (TPSA) is 0 Å². The Morgan fingerprint density at radius 3 is 1.30 bits per heavy atom. The van der Waals surface area contributed by atoms with Gasteiger partial charge in [-0.1, -0.05) is 71.2 Å². The fourth-order valence-corrected chi connectivity index (χ4v) is 4.34. The summed E-state index contributed by atoms with van der Waals surface area (Å²) >= 11 is 3.39. The molecular formula is C28H20S2. The van der Waals surface area contributed by atoms with Gasteiger partial charge in [0.25, 0.3) is 0 Å². The Morgan fingerprint density at radius 2 is 0.967 bits per heavy atom. The lowest BCUT2D eigenvalue weighted by Gasteiger charge is -2.03. The van der Waals surface area contributed by atoms with Gasteiger partial charge in [-0.15, -0.1) is 22.7 Å². The Hall–Kier alpha value is -3.30. The van der Waals surface area contributed by atoms with Gasteiger partial charge in [0.2, 0.25) is 0 Å². The maximum atomic E-state index is 3.44. The van der Waals surface area contributed by atoms with Gasteiger partial charge < -0.3 is 0 Å². The molecule has 30 heavy (non-hydrogen) atoms. The predicted octanol–water partition coefficient (Wildman–Crippen LogP) is 7.44. The molecule has 4 aromatic rings. The molecule has 0 saturated heterocycles. The van der Waals surface area contributed by atoms with Crippen LogP contribution in [-0.2, 0) is 0 Å². The average Bonchev–Trinajstić information content (AvgIpc) is 3.47. The summed E-state index contributed by atoms with van der Waals surface area (Å²) in [6.45, 7) is 4.17. The molecule has 0 N–H and O–H groups in total. The van der Waals surface area contributed by atoms with Gasteiger partial charge in [-0.3, -0.25) is 0 Å². The van der Waals surface area contributed by atoms with Gasteiger partial charge in [-0.2, -0.15) is 0 Å². The summed E-state index contributed by atoms with van der Waals surface area (Å²) in [6, 6.07) is 25.0. The Kier molecular flexibility index (Phi) is 6.31. The second kappa shape index (κ2) is 9.47. The Morgan fingerprint density at radius 1 is 0.567 bits per heavy atom. The van der Waals surface area contributed by atoms with Gasteiger partial charge >= 0.3 is 0 Å². The molecule has 144 valence electrons. The molecule has 0 aliphatic heterocycles. The van der Waals surface area contributed by atoms with Crippen LogP contribution in [0.3, 0.4) is 0 Å². The number of benzene rings is 2. The molecule has 0 atom stereocenters. The van der Waals surface area contributed by atoms with Crippen LogP contribution in [-0.4, -0.2) is 0 Å². The number of aryl methyl sites for hydroxylation is 2. The van der Waals surface area contributed by atoms with Crippen LogP contribution >= 0.6 is 22.7 Å². The Balaban J connectivity index is 1.86. The molecule has 0 fully saturated rings. The summed E-state index contributed by atoms with van der Waals surface area (Å²) in [6.07, 6.45) is 0. The number of hydrogen-bond acceptors (Lipinski definition) is 2. The molecule has 0 nitrogen and oxygen atoms in total. The standard InChI is InChI=1S/C28H20S2/c1-21-7-11-23(12-8-21)15-17-25(27-5-3-19-29-27)26(28-6-4-20-30-28)18-16-24-13-9-22(2)10-14-24/h3-14,19-20H,1-2H3/b26-25-. The first-order valence-electron chi connectivity index (χ1n) is 9.68. The third kappa shape index (κ3) is 5.00. The second-order valence-electron chi connectivity index (χ2n) is 6.94. The first-order chi connectivity index (χ1) is 14.7. The van der Waals surface area contributed by atoms with Crippen molar-refractivity contribution in [2.75, 3.05) is 0 Å². The van der Waals surface area contributed by atoms with Crippen molar-refractivity contribution >= 4 is 33.8 Å². The quantitative estimate of drug-likeness (QED) is 0.296. The molecule has 0 aliphatic carbocycles. The highest BCUT2D eigenvalue weighted by atomic mass is 32.1. The Bertz CT molecular complexity index is 1160. The van der Waals surface area contributed by atoms with Gasteiger partial charge in [0.05, 0.1) is 11.1 Å². The summed E-state index contributed by atoms with van der Waals surface area (Å²) in [4.78, 5) is 2.27. The van der Waals surface area contributed by atoms with Gasteiger partial charge in [0, 0.05) is 20.9 Å². The number of rotatable bonds is 2. The third-order valence-electron chi connectivity index (χ3n) is 4.55. The fourth-order valence-electron chi connectivity index (χ4n) is 2.88. The lowest BCUT2D eigenvalue weighted by molar-refractivity contribution is 1.46. The highest BCUT2D eigenvalue weighted by molar-refractivity contribution is 7.12. The minimum atomic E-state index is 0.979. The number of allylic oxidation sites excluding steroid dienone is 2. The average molecular weight is 421 g/mol. The van der Waals surface area contributed by atoms with Crippen LogP contribution < -0.4 is 0 Å². The van der Waals surface area contributed by atoms with Gasteiger partial charge in [-0.05, 0) is 61.0 Å². The number of thiophene rings is 2. The smallest absolute Gasteiger partial charge is 0.0592 e. The molecule has 2 heterocycles. The third-order valence-corrected chi connectivity index (χ3v) is 6.33. The van der Waals surface area contributed by atoms with Crippen LogP contribution in [0.15, 0.2) is 83.6 Å². The van der Waals surface area contributed by atoms with Crippen molar-refractivity contribution in [3.05, 3.63) is 116 Å². The summed E-state index contributed by atoms with van der Waals surface area (Å²) < 4.78 is 0. The molecule has 0 spiro atoms. The van der Waals surface area contributed by atoms with Crippen LogP contribution in [0, 0.1) is 37.5 Å². The van der Waals surface area contributed by atoms with Crippen LogP contribution in [0.1, 0.15) is 32.0 Å². The predicted molar refractivity (Wildman–Crippen MR) is 132 cm³/mol. The van der Waals surface area contributed by atoms with E-state index in [9.17, 15) is 0 Å². The molecule has 0 radical (unpaired) electrons. The Labute approximate surface area is 186 Å². The maximum Gasteiger partial charge on any atom is 0.0592 e. The summed E-state index contributed by atoms with van der Waals surface area (Å²) in [5, 5.41) is 4.17. The van der Waals surface area contributed by atoms with Crippen LogP contribution in [0.5, 0.6) is 0 Å². The van der Waals surface area contributed by atoms with Crippen LogP contribution in [0.2, 0.25) is 0 Å².